The van der Waals surface area contributed by atoms with Gasteiger partial charge in [0.25, 0.3) is 5.91 Å². The van der Waals surface area contributed by atoms with E-state index in [-0.39, 0.29) is 5.91 Å². The summed E-state index contributed by atoms with van der Waals surface area (Å²) < 4.78 is 1.89. The van der Waals surface area contributed by atoms with Crippen LogP contribution in [0.5, 0.6) is 0 Å². The summed E-state index contributed by atoms with van der Waals surface area (Å²) in [4.78, 5) is 17.9. The van der Waals surface area contributed by atoms with Crippen LogP contribution in [0.4, 0.5) is 0 Å². The highest BCUT2D eigenvalue weighted by Gasteiger charge is 2.41. The number of aryl methyl sites for hydroxylation is 1. The van der Waals surface area contributed by atoms with E-state index in [2.05, 4.69) is 22.5 Å². The van der Waals surface area contributed by atoms with E-state index < -0.39 is 0 Å². The van der Waals surface area contributed by atoms with Gasteiger partial charge in [-0.25, -0.2) is 4.98 Å². The van der Waals surface area contributed by atoms with Crippen LogP contribution in [0.25, 0.3) is 4.96 Å². The zero-order valence-electron chi connectivity index (χ0n) is 13.0. The van der Waals surface area contributed by atoms with Gasteiger partial charge in [0.05, 0.1) is 5.69 Å². The SMILES string of the molecule is Cc1nc2sccn2c1C(=O)NC[C@H]1NC[C@@H]2CC(C)C[C@@H]21. The molecule has 1 aliphatic heterocycles. The van der Waals surface area contributed by atoms with Crippen LogP contribution in [0.1, 0.15) is 35.9 Å². The van der Waals surface area contributed by atoms with Crippen LogP contribution in [0.2, 0.25) is 0 Å². The zero-order valence-corrected chi connectivity index (χ0v) is 13.8. The molecule has 0 radical (unpaired) electrons. The molecular weight excluding hydrogens is 296 g/mol. The number of carbonyl (C=O) groups excluding carboxylic acids is 1. The van der Waals surface area contributed by atoms with Crippen molar-refractivity contribution in [1.29, 1.82) is 0 Å². The quantitative estimate of drug-likeness (QED) is 0.911. The van der Waals surface area contributed by atoms with E-state index in [4.69, 9.17) is 0 Å². The van der Waals surface area contributed by atoms with E-state index in [1.807, 2.05) is 22.9 Å². The van der Waals surface area contributed by atoms with Gasteiger partial charge in [-0.05, 0) is 44.1 Å². The fraction of sp³-hybridized carbons (Fsp3) is 0.625. The summed E-state index contributed by atoms with van der Waals surface area (Å²) in [5.74, 6) is 2.35. The largest absolute Gasteiger partial charge is 0.349 e. The van der Waals surface area contributed by atoms with E-state index in [1.165, 1.54) is 12.8 Å². The number of nitrogens with one attached hydrogen (secondary N) is 2. The first-order valence-corrected chi connectivity index (χ1v) is 8.95. The molecule has 4 atom stereocenters. The molecule has 1 saturated heterocycles. The number of carbonyl (C=O) groups is 1. The van der Waals surface area contributed by atoms with E-state index in [0.717, 1.165) is 35.0 Å². The molecular formula is C16H22N4OS. The minimum absolute atomic E-state index is 0.0142. The Hall–Kier alpha value is -1.40. The fourth-order valence-electron chi connectivity index (χ4n) is 4.30. The van der Waals surface area contributed by atoms with Gasteiger partial charge in [0, 0.05) is 24.2 Å². The Morgan fingerprint density at radius 3 is 3.27 bits per heavy atom. The Labute approximate surface area is 134 Å². The summed E-state index contributed by atoms with van der Waals surface area (Å²) in [7, 11) is 0. The predicted octanol–water partition coefficient (Wildman–Crippen LogP) is 2.07. The third-order valence-electron chi connectivity index (χ3n) is 5.28. The third kappa shape index (κ3) is 2.25. The van der Waals surface area contributed by atoms with Crippen LogP contribution in [-0.2, 0) is 0 Å². The number of imidazole rings is 1. The lowest BCUT2D eigenvalue weighted by molar-refractivity contribution is 0.0941. The molecule has 2 aliphatic rings. The first-order chi connectivity index (χ1) is 10.6. The summed E-state index contributed by atoms with van der Waals surface area (Å²) in [6.45, 7) is 6.06. The molecule has 1 amide bonds. The summed E-state index contributed by atoms with van der Waals surface area (Å²) >= 11 is 1.56. The Bertz CT molecular complexity index is 706. The lowest BCUT2D eigenvalue weighted by Crippen LogP contribution is -2.41. The molecule has 1 saturated carbocycles. The zero-order chi connectivity index (χ0) is 15.3. The summed E-state index contributed by atoms with van der Waals surface area (Å²) in [6, 6.07) is 0.421. The third-order valence-corrected chi connectivity index (χ3v) is 6.03. The number of rotatable bonds is 3. The van der Waals surface area contributed by atoms with Crippen LogP contribution < -0.4 is 10.6 Å². The molecule has 118 valence electrons. The number of hydrogen-bond donors (Lipinski definition) is 2. The van der Waals surface area contributed by atoms with Gasteiger partial charge in [-0.1, -0.05) is 6.92 Å². The maximum Gasteiger partial charge on any atom is 0.270 e. The average Bonchev–Trinajstić information content (AvgIpc) is 3.17. The van der Waals surface area contributed by atoms with Crippen molar-refractivity contribution in [3.63, 3.8) is 0 Å². The molecule has 2 aromatic heterocycles. The normalized spacial score (nSPS) is 30.8. The summed E-state index contributed by atoms with van der Waals surface area (Å²) in [5, 5.41) is 8.67. The monoisotopic (exact) mass is 318 g/mol. The highest BCUT2D eigenvalue weighted by atomic mass is 32.1. The maximum atomic E-state index is 12.6. The molecule has 1 aliphatic carbocycles. The van der Waals surface area contributed by atoms with Crippen molar-refractivity contribution >= 4 is 22.2 Å². The van der Waals surface area contributed by atoms with Crippen LogP contribution in [0.3, 0.4) is 0 Å². The van der Waals surface area contributed by atoms with Gasteiger partial charge < -0.3 is 10.6 Å². The number of aromatic nitrogens is 2. The molecule has 5 nitrogen and oxygen atoms in total. The fourth-order valence-corrected chi connectivity index (χ4v) is 5.06. The van der Waals surface area contributed by atoms with Gasteiger partial charge >= 0.3 is 0 Å². The van der Waals surface area contributed by atoms with Crippen LogP contribution in [-0.4, -0.2) is 34.4 Å². The lowest BCUT2D eigenvalue weighted by atomic mass is 9.94. The van der Waals surface area contributed by atoms with Gasteiger partial charge in [-0.2, -0.15) is 0 Å². The first-order valence-electron chi connectivity index (χ1n) is 8.07. The number of fused-ring (bicyclic) bond motifs is 2. The Morgan fingerprint density at radius 2 is 2.41 bits per heavy atom. The van der Waals surface area contributed by atoms with Crippen molar-refractivity contribution in [2.45, 2.75) is 32.7 Å². The summed E-state index contributed by atoms with van der Waals surface area (Å²) in [6.07, 6.45) is 4.54. The number of amides is 1. The van der Waals surface area contributed by atoms with Crippen molar-refractivity contribution in [3.05, 3.63) is 23.0 Å². The van der Waals surface area contributed by atoms with Crippen molar-refractivity contribution in [3.8, 4) is 0 Å². The molecule has 6 heteroatoms. The second-order valence-electron chi connectivity index (χ2n) is 6.83. The van der Waals surface area contributed by atoms with Crippen molar-refractivity contribution < 1.29 is 4.79 Å². The van der Waals surface area contributed by atoms with E-state index in [9.17, 15) is 4.79 Å². The molecule has 4 rings (SSSR count). The molecule has 0 spiro atoms. The van der Waals surface area contributed by atoms with Gasteiger partial charge in [0.1, 0.15) is 5.69 Å². The second kappa shape index (κ2) is 5.35. The molecule has 2 aromatic rings. The number of nitrogens with zero attached hydrogens (tertiary/aromatic N) is 2. The predicted molar refractivity (Wildman–Crippen MR) is 87.3 cm³/mol. The molecule has 1 unspecified atom stereocenters. The van der Waals surface area contributed by atoms with Gasteiger partial charge in [0.2, 0.25) is 0 Å². The standard InChI is InChI=1S/C16H22N4OS/c1-9-5-11-7-17-13(12(11)6-9)8-18-15(21)14-10(2)19-16-20(14)3-4-22-16/h3-4,9,11-13,17H,5-8H2,1-2H3,(H,18,21)/t9?,11-,12-,13+/m0/s1. The average molecular weight is 318 g/mol. The van der Waals surface area contributed by atoms with Gasteiger partial charge in [0.15, 0.2) is 4.96 Å². The first kappa shape index (κ1) is 14.2. The molecule has 3 heterocycles. The molecule has 0 aromatic carbocycles. The van der Waals surface area contributed by atoms with Gasteiger partial charge in [-0.15, -0.1) is 11.3 Å². The molecule has 2 N–H and O–H groups in total. The van der Waals surface area contributed by atoms with Crippen LogP contribution >= 0.6 is 11.3 Å². The van der Waals surface area contributed by atoms with E-state index in [1.54, 1.807) is 11.3 Å². The van der Waals surface area contributed by atoms with Crippen molar-refractivity contribution in [1.82, 2.24) is 20.0 Å². The summed E-state index contributed by atoms with van der Waals surface area (Å²) in [5.41, 5.74) is 1.47. The molecule has 0 bridgehead atoms. The Kier molecular flexibility index (Phi) is 3.46. The van der Waals surface area contributed by atoms with Crippen molar-refractivity contribution in [2.24, 2.45) is 17.8 Å². The Balaban J connectivity index is 1.45. The topological polar surface area (TPSA) is 58.4 Å². The highest BCUT2D eigenvalue weighted by Crippen LogP contribution is 2.40. The maximum absolute atomic E-state index is 12.6. The van der Waals surface area contributed by atoms with Crippen molar-refractivity contribution in [2.75, 3.05) is 13.1 Å². The molecule has 2 fully saturated rings. The minimum Gasteiger partial charge on any atom is -0.349 e. The van der Waals surface area contributed by atoms with E-state index in [0.29, 0.717) is 18.3 Å². The second-order valence-corrected chi connectivity index (χ2v) is 7.70. The number of thiazole rings is 1. The van der Waals surface area contributed by atoms with Crippen LogP contribution in [0, 0.1) is 24.7 Å². The smallest absolute Gasteiger partial charge is 0.270 e. The Morgan fingerprint density at radius 1 is 1.55 bits per heavy atom. The minimum atomic E-state index is -0.0142. The van der Waals surface area contributed by atoms with Crippen LogP contribution in [0.15, 0.2) is 11.6 Å². The van der Waals surface area contributed by atoms with Gasteiger partial charge in [-0.3, -0.25) is 9.20 Å². The number of hydrogen-bond acceptors (Lipinski definition) is 4. The highest BCUT2D eigenvalue weighted by molar-refractivity contribution is 7.15. The van der Waals surface area contributed by atoms with E-state index >= 15 is 0 Å². The lowest BCUT2D eigenvalue weighted by Gasteiger charge is -2.19. The molecule has 22 heavy (non-hydrogen) atoms.